The largest absolute Gasteiger partial charge is 0.493 e. The minimum absolute atomic E-state index is 0.0746. The van der Waals surface area contributed by atoms with Crippen molar-refractivity contribution in [3.05, 3.63) is 52.2 Å². The van der Waals surface area contributed by atoms with Crippen molar-refractivity contribution >= 4 is 23.2 Å². The standard InChI is InChI=1S/C19H24N2O3S/c1-3-21(14-18(22)20-13-17-5-4-12-25-17)19(23)10-11-24-16-8-6-15(2)7-9-16/h4-9,12H,3,10-11,13-14H2,1-2H3,(H,20,22). The molecule has 0 aliphatic carbocycles. The van der Waals surface area contributed by atoms with Gasteiger partial charge in [-0.25, -0.2) is 0 Å². The number of thiophene rings is 1. The molecule has 2 aromatic rings. The Bertz CT molecular complexity index is 668. The van der Waals surface area contributed by atoms with Crippen LogP contribution < -0.4 is 10.1 Å². The molecule has 0 unspecified atom stereocenters. The van der Waals surface area contributed by atoms with Gasteiger partial charge in [-0.15, -0.1) is 11.3 Å². The first-order valence-electron chi connectivity index (χ1n) is 8.34. The van der Waals surface area contributed by atoms with Crippen molar-refractivity contribution in [1.82, 2.24) is 10.2 Å². The number of amides is 2. The van der Waals surface area contributed by atoms with Crippen LogP contribution in [0.2, 0.25) is 0 Å². The molecule has 134 valence electrons. The highest BCUT2D eigenvalue weighted by Crippen LogP contribution is 2.12. The van der Waals surface area contributed by atoms with Gasteiger partial charge in [0.25, 0.3) is 0 Å². The van der Waals surface area contributed by atoms with Crippen LogP contribution in [0.4, 0.5) is 0 Å². The lowest BCUT2D eigenvalue weighted by atomic mass is 10.2. The molecule has 25 heavy (non-hydrogen) atoms. The quantitative estimate of drug-likeness (QED) is 0.748. The number of rotatable bonds is 9. The average Bonchev–Trinajstić information content (AvgIpc) is 3.13. The zero-order valence-corrected chi connectivity index (χ0v) is 15.5. The highest BCUT2D eigenvalue weighted by atomic mass is 32.1. The summed E-state index contributed by atoms with van der Waals surface area (Å²) in [6.45, 7) is 5.25. The summed E-state index contributed by atoms with van der Waals surface area (Å²) in [5.41, 5.74) is 1.16. The molecule has 0 bridgehead atoms. The molecular weight excluding hydrogens is 336 g/mol. The van der Waals surface area contributed by atoms with Gasteiger partial charge in [-0.05, 0) is 37.4 Å². The van der Waals surface area contributed by atoms with E-state index in [0.717, 1.165) is 16.2 Å². The highest BCUT2D eigenvalue weighted by Gasteiger charge is 2.15. The monoisotopic (exact) mass is 360 g/mol. The molecule has 1 aromatic heterocycles. The maximum atomic E-state index is 12.3. The van der Waals surface area contributed by atoms with Crippen LogP contribution in [0, 0.1) is 6.92 Å². The maximum Gasteiger partial charge on any atom is 0.239 e. The molecule has 0 aliphatic heterocycles. The van der Waals surface area contributed by atoms with Crippen LogP contribution in [0.1, 0.15) is 23.8 Å². The highest BCUT2D eigenvalue weighted by molar-refractivity contribution is 7.09. The van der Waals surface area contributed by atoms with Crippen LogP contribution in [0.15, 0.2) is 41.8 Å². The maximum absolute atomic E-state index is 12.3. The Hall–Kier alpha value is -2.34. The smallest absolute Gasteiger partial charge is 0.239 e. The van der Waals surface area contributed by atoms with E-state index in [1.54, 1.807) is 16.2 Å². The SMILES string of the molecule is CCN(CC(=O)NCc1cccs1)C(=O)CCOc1ccc(C)cc1. The summed E-state index contributed by atoms with van der Waals surface area (Å²) in [5.74, 6) is 0.513. The van der Waals surface area contributed by atoms with Crippen molar-refractivity contribution in [3.8, 4) is 5.75 Å². The second kappa shape index (κ2) is 9.84. The third kappa shape index (κ3) is 6.58. The van der Waals surface area contributed by atoms with Gasteiger partial charge in [-0.2, -0.15) is 0 Å². The molecule has 0 aliphatic rings. The zero-order valence-electron chi connectivity index (χ0n) is 14.7. The summed E-state index contributed by atoms with van der Waals surface area (Å²) in [6.07, 6.45) is 0.250. The van der Waals surface area contributed by atoms with Crippen molar-refractivity contribution < 1.29 is 14.3 Å². The number of hydrogen-bond acceptors (Lipinski definition) is 4. The fraction of sp³-hybridized carbons (Fsp3) is 0.368. The first kappa shape index (κ1) is 19.0. The van der Waals surface area contributed by atoms with Crippen LogP contribution in [-0.4, -0.2) is 36.4 Å². The lowest BCUT2D eigenvalue weighted by Crippen LogP contribution is -2.40. The van der Waals surface area contributed by atoms with E-state index in [1.165, 1.54) is 0 Å². The van der Waals surface area contributed by atoms with Crippen LogP contribution in [-0.2, 0) is 16.1 Å². The van der Waals surface area contributed by atoms with Crippen LogP contribution in [0.25, 0.3) is 0 Å². The van der Waals surface area contributed by atoms with Crippen molar-refractivity contribution in [2.45, 2.75) is 26.8 Å². The summed E-state index contributed by atoms with van der Waals surface area (Å²) in [7, 11) is 0. The number of benzene rings is 1. The molecule has 1 N–H and O–H groups in total. The van der Waals surface area contributed by atoms with E-state index in [9.17, 15) is 9.59 Å². The average molecular weight is 360 g/mol. The van der Waals surface area contributed by atoms with Gasteiger partial charge in [0.05, 0.1) is 26.1 Å². The second-order valence-corrected chi connectivity index (χ2v) is 6.71. The Morgan fingerprint density at radius 2 is 1.96 bits per heavy atom. The summed E-state index contributed by atoms with van der Waals surface area (Å²) >= 11 is 1.59. The Balaban J connectivity index is 1.71. The third-order valence-electron chi connectivity index (χ3n) is 3.71. The summed E-state index contributed by atoms with van der Waals surface area (Å²) in [6, 6.07) is 11.6. The van der Waals surface area contributed by atoms with Gasteiger partial charge in [0.2, 0.25) is 11.8 Å². The van der Waals surface area contributed by atoms with Gasteiger partial charge >= 0.3 is 0 Å². The molecule has 0 saturated carbocycles. The number of nitrogens with one attached hydrogen (secondary N) is 1. The normalized spacial score (nSPS) is 10.3. The number of nitrogens with zero attached hydrogens (tertiary/aromatic N) is 1. The van der Waals surface area contributed by atoms with Gasteiger partial charge in [0.15, 0.2) is 0 Å². The molecule has 0 atom stereocenters. The van der Waals surface area contributed by atoms with E-state index in [1.807, 2.05) is 55.6 Å². The van der Waals surface area contributed by atoms with Crippen LogP contribution >= 0.6 is 11.3 Å². The number of carbonyl (C=O) groups is 2. The van der Waals surface area contributed by atoms with E-state index in [0.29, 0.717) is 19.7 Å². The Morgan fingerprint density at radius 3 is 2.60 bits per heavy atom. The summed E-state index contributed by atoms with van der Waals surface area (Å²) < 4.78 is 5.58. The fourth-order valence-corrected chi connectivity index (χ4v) is 2.90. The molecule has 2 rings (SSSR count). The molecule has 0 saturated heterocycles. The van der Waals surface area contributed by atoms with E-state index < -0.39 is 0 Å². The zero-order chi connectivity index (χ0) is 18.1. The minimum Gasteiger partial charge on any atom is -0.493 e. The third-order valence-corrected chi connectivity index (χ3v) is 4.59. The molecule has 2 amide bonds. The van der Waals surface area contributed by atoms with Crippen molar-refractivity contribution in [2.24, 2.45) is 0 Å². The number of hydrogen-bond donors (Lipinski definition) is 1. The molecule has 5 nitrogen and oxygen atoms in total. The lowest BCUT2D eigenvalue weighted by molar-refractivity contribution is -0.136. The second-order valence-electron chi connectivity index (χ2n) is 5.68. The van der Waals surface area contributed by atoms with E-state index in [2.05, 4.69) is 5.32 Å². The van der Waals surface area contributed by atoms with Crippen molar-refractivity contribution in [2.75, 3.05) is 19.7 Å². The van der Waals surface area contributed by atoms with Gasteiger partial charge < -0.3 is 15.0 Å². The van der Waals surface area contributed by atoms with E-state index >= 15 is 0 Å². The van der Waals surface area contributed by atoms with Gasteiger partial charge in [-0.1, -0.05) is 23.8 Å². The molecule has 0 radical (unpaired) electrons. The van der Waals surface area contributed by atoms with Crippen LogP contribution in [0.5, 0.6) is 5.75 Å². The topological polar surface area (TPSA) is 58.6 Å². The first-order chi connectivity index (χ1) is 12.1. The Morgan fingerprint density at radius 1 is 1.20 bits per heavy atom. The molecule has 0 fully saturated rings. The number of likely N-dealkylation sites (N-methyl/N-ethyl adjacent to an activating group) is 1. The van der Waals surface area contributed by atoms with Gasteiger partial charge in [-0.3, -0.25) is 9.59 Å². The Kier molecular flexibility index (Phi) is 7.47. The number of carbonyl (C=O) groups excluding carboxylic acids is 2. The van der Waals surface area contributed by atoms with Crippen molar-refractivity contribution in [1.29, 1.82) is 0 Å². The van der Waals surface area contributed by atoms with Gasteiger partial charge in [0.1, 0.15) is 5.75 Å². The van der Waals surface area contributed by atoms with Crippen molar-refractivity contribution in [3.63, 3.8) is 0 Å². The predicted molar refractivity (Wildman–Crippen MR) is 99.7 cm³/mol. The lowest BCUT2D eigenvalue weighted by Gasteiger charge is -2.20. The number of aryl methyl sites for hydroxylation is 1. The Labute approximate surface area is 152 Å². The molecule has 6 heteroatoms. The summed E-state index contributed by atoms with van der Waals surface area (Å²) in [4.78, 5) is 26.9. The molecule has 1 aromatic carbocycles. The molecule has 0 spiro atoms. The molecular formula is C19H24N2O3S. The minimum atomic E-state index is -0.150. The molecule has 1 heterocycles. The van der Waals surface area contributed by atoms with Crippen LogP contribution in [0.3, 0.4) is 0 Å². The predicted octanol–water partition coefficient (Wildman–Crippen LogP) is 2.99. The summed E-state index contributed by atoms with van der Waals surface area (Å²) in [5, 5.41) is 4.81. The first-order valence-corrected chi connectivity index (χ1v) is 9.22. The van der Waals surface area contributed by atoms with E-state index in [-0.39, 0.29) is 24.8 Å². The van der Waals surface area contributed by atoms with Gasteiger partial charge in [0, 0.05) is 11.4 Å². The number of ether oxygens (including phenoxy) is 1. The fourth-order valence-electron chi connectivity index (χ4n) is 2.25. The van der Waals surface area contributed by atoms with E-state index in [4.69, 9.17) is 4.74 Å².